The lowest BCUT2D eigenvalue weighted by Crippen LogP contribution is -2.24. The fraction of sp³-hybridized carbons (Fsp3) is 0. The number of hydrogen-bond donors (Lipinski definition) is 1. The van der Waals surface area contributed by atoms with E-state index in [9.17, 15) is 14.4 Å². The highest BCUT2D eigenvalue weighted by Crippen LogP contribution is 2.37. The Morgan fingerprint density at radius 3 is 2.00 bits per heavy atom. The normalized spacial score (nSPS) is 12.9. The maximum absolute atomic E-state index is 12.6. The second kappa shape index (κ2) is 4.69. The standard InChI is InChI=1S/C15H7Cl2NO3/c16-9-5-8(15(18)21)12(17)11-10(9)13(19)6-3-1-2-4-7(6)14(11)20/h1-5H,(H2,18,21). The van der Waals surface area contributed by atoms with Gasteiger partial charge in [0.2, 0.25) is 5.91 Å². The predicted octanol–water partition coefficient (Wildman–Crippen LogP) is 2.87. The summed E-state index contributed by atoms with van der Waals surface area (Å²) in [7, 11) is 0. The van der Waals surface area contributed by atoms with Gasteiger partial charge in [-0.15, -0.1) is 0 Å². The third kappa shape index (κ3) is 1.87. The first-order valence-electron chi connectivity index (χ1n) is 5.93. The molecule has 0 fully saturated rings. The van der Waals surface area contributed by atoms with Gasteiger partial charge in [0, 0.05) is 11.1 Å². The molecule has 6 heteroatoms. The quantitative estimate of drug-likeness (QED) is 0.749. The molecule has 1 aliphatic rings. The molecule has 0 saturated carbocycles. The topological polar surface area (TPSA) is 77.2 Å². The summed E-state index contributed by atoms with van der Waals surface area (Å²) >= 11 is 12.1. The van der Waals surface area contributed by atoms with Crippen LogP contribution >= 0.6 is 23.2 Å². The van der Waals surface area contributed by atoms with Crippen LogP contribution in [0.2, 0.25) is 10.0 Å². The van der Waals surface area contributed by atoms with Crippen LogP contribution in [0.4, 0.5) is 0 Å². The highest BCUT2D eigenvalue weighted by Gasteiger charge is 2.34. The Morgan fingerprint density at radius 2 is 1.48 bits per heavy atom. The molecule has 0 heterocycles. The third-order valence-corrected chi connectivity index (χ3v) is 4.04. The van der Waals surface area contributed by atoms with E-state index in [-0.39, 0.29) is 37.9 Å². The largest absolute Gasteiger partial charge is 0.366 e. The van der Waals surface area contributed by atoms with E-state index in [2.05, 4.69) is 0 Å². The molecule has 0 aromatic heterocycles. The molecule has 0 unspecified atom stereocenters. The average molecular weight is 320 g/mol. The van der Waals surface area contributed by atoms with Gasteiger partial charge in [-0.25, -0.2) is 0 Å². The van der Waals surface area contributed by atoms with E-state index in [1.165, 1.54) is 12.1 Å². The summed E-state index contributed by atoms with van der Waals surface area (Å²) < 4.78 is 0. The lowest BCUT2D eigenvalue weighted by Gasteiger charge is -2.20. The predicted molar refractivity (Wildman–Crippen MR) is 78.3 cm³/mol. The van der Waals surface area contributed by atoms with Crippen molar-refractivity contribution in [3.8, 4) is 0 Å². The van der Waals surface area contributed by atoms with Gasteiger partial charge in [-0.05, 0) is 6.07 Å². The van der Waals surface area contributed by atoms with Crippen molar-refractivity contribution >= 4 is 40.7 Å². The van der Waals surface area contributed by atoms with Gasteiger partial charge < -0.3 is 5.73 Å². The Labute approximate surface area is 129 Å². The number of benzene rings is 2. The smallest absolute Gasteiger partial charge is 0.250 e. The molecule has 2 aromatic carbocycles. The Bertz CT molecular complexity index is 843. The van der Waals surface area contributed by atoms with E-state index in [4.69, 9.17) is 28.9 Å². The monoisotopic (exact) mass is 319 g/mol. The molecule has 2 aromatic rings. The van der Waals surface area contributed by atoms with E-state index in [1.807, 2.05) is 0 Å². The van der Waals surface area contributed by atoms with Crippen molar-refractivity contribution in [2.24, 2.45) is 5.73 Å². The van der Waals surface area contributed by atoms with Crippen molar-refractivity contribution in [3.05, 3.63) is 68.2 Å². The average Bonchev–Trinajstić information content (AvgIpc) is 2.46. The van der Waals surface area contributed by atoms with Crippen LogP contribution in [0.3, 0.4) is 0 Å². The number of rotatable bonds is 1. The van der Waals surface area contributed by atoms with Crippen molar-refractivity contribution in [1.82, 2.24) is 0 Å². The Kier molecular flexibility index (Phi) is 3.08. The molecule has 2 N–H and O–H groups in total. The second-order valence-electron chi connectivity index (χ2n) is 4.54. The molecule has 1 amide bonds. The maximum atomic E-state index is 12.6. The van der Waals surface area contributed by atoms with Crippen LogP contribution in [0.1, 0.15) is 42.2 Å². The lowest BCUT2D eigenvalue weighted by atomic mass is 9.83. The van der Waals surface area contributed by atoms with Gasteiger partial charge in [-0.3, -0.25) is 14.4 Å². The molecule has 0 bridgehead atoms. The number of carbonyl (C=O) groups is 3. The fourth-order valence-corrected chi connectivity index (χ4v) is 3.01. The molecule has 0 saturated heterocycles. The van der Waals surface area contributed by atoms with Crippen molar-refractivity contribution in [3.63, 3.8) is 0 Å². The van der Waals surface area contributed by atoms with E-state index in [0.29, 0.717) is 0 Å². The molecular weight excluding hydrogens is 313 g/mol. The summed E-state index contributed by atoms with van der Waals surface area (Å²) in [4.78, 5) is 36.4. The highest BCUT2D eigenvalue weighted by atomic mass is 35.5. The molecule has 0 radical (unpaired) electrons. The summed E-state index contributed by atoms with van der Waals surface area (Å²) in [6.45, 7) is 0. The minimum Gasteiger partial charge on any atom is -0.366 e. The van der Waals surface area contributed by atoms with E-state index in [0.717, 1.165) is 0 Å². The number of carbonyl (C=O) groups excluding carboxylic acids is 3. The molecular formula is C15H7Cl2NO3. The number of ketones is 2. The van der Waals surface area contributed by atoms with Gasteiger partial charge >= 0.3 is 0 Å². The van der Waals surface area contributed by atoms with E-state index < -0.39 is 17.5 Å². The van der Waals surface area contributed by atoms with Crippen molar-refractivity contribution in [2.75, 3.05) is 0 Å². The van der Waals surface area contributed by atoms with Gasteiger partial charge in [-0.2, -0.15) is 0 Å². The molecule has 0 aliphatic heterocycles. The summed E-state index contributed by atoms with van der Waals surface area (Å²) in [5.74, 6) is -1.66. The van der Waals surface area contributed by atoms with Gasteiger partial charge in [0.25, 0.3) is 0 Å². The van der Waals surface area contributed by atoms with Crippen molar-refractivity contribution < 1.29 is 14.4 Å². The number of halogens is 2. The lowest BCUT2D eigenvalue weighted by molar-refractivity contribution is 0.0977. The van der Waals surface area contributed by atoms with Gasteiger partial charge in [0.1, 0.15) is 0 Å². The van der Waals surface area contributed by atoms with Crippen LogP contribution in [0.25, 0.3) is 0 Å². The summed E-state index contributed by atoms with van der Waals surface area (Å²) in [5, 5.41) is -0.161. The van der Waals surface area contributed by atoms with Gasteiger partial charge in [0.05, 0.1) is 26.7 Å². The fourth-order valence-electron chi connectivity index (χ4n) is 2.39. The number of primary amides is 1. The summed E-state index contributed by atoms with van der Waals surface area (Å²) in [6.07, 6.45) is 0. The summed E-state index contributed by atoms with van der Waals surface area (Å²) in [6, 6.07) is 7.58. The Balaban J connectivity index is 2.41. The molecule has 1 aliphatic carbocycles. The van der Waals surface area contributed by atoms with Gasteiger partial charge in [-0.1, -0.05) is 47.5 Å². The second-order valence-corrected chi connectivity index (χ2v) is 5.32. The zero-order valence-corrected chi connectivity index (χ0v) is 12.0. The molecule has 0 atom stereocenters. The Hall–Kier alpha value is -2.17. The SMILES string of the molecule is NC(=O)c1cc(Cl)c2c(c1Cl)C(=O)c1ccccc1C2=O. The third-order valence-electron chi connectivity index (χ3n) is 3.35. The first kappa shape index (κ1) is 13.8. The van der Waals surface area contributed by atoms with Crippen molar-refractivity contribution in [2.45, 2.75) is 0 Å². The van der Waals surface area contributed by atoms with Gasteiger partial charge in [0.15, 0.2) is 11.6 Å². The van der Waals surface area contributed by atoms with Crippen molar-refractivity contribution in [1.29, 1.82) is 0 Å². The van der Waals surface area contributed by atoms with Crippen LogP contribution in [0.15, 0.2) is 30.3 Å². The van der Waals surface area contributed by atoms with Crippen LogP contribution in [-0.2, 0) is 0 Å². The number of nitrogens with two attached hydrogens (primary N) is 1. The Morgan fingerprint density at radius 1 is 0.952 bits per heavy atom. The van der Waals surface area contributed by atoms with E-state index >= 15 is 0 Å². The molecule has 0 spiro atoms. The van der Waals surface area contributed by atoms with Crippen LogP contribution in [0.5, 0.6) is 0 Å². The molecule has 4 nitrogen and oxygen atoms in total. The first-order chi connectivity index (χ1) is 9.93. The zero-order chi connectivity index (χ0) is 15.3. The molecule has 104 valence electrons. The number of hydrogen-bond acceptors (Lipinski definition) is 3. The minimum absolute atomic E-state index is 0.00960. The van der Waals surface area contributed by atoms with Crippen LogP contribution in [0, 0.1) is 0 Å². The molecule has 21 heavy (non-hydrogen) atoms. The van der Waals surface area contributed by atoms with Crippen LogP contribution < -0.4 is 5.73 Å². The maximum Gasteiger partial charge on any atom is 0.250 e. The zero-order valence-electron chi connectivity index (χ0n) is 10.4. The van der Waals surface area contributed by atoms with E-state index in [1.54, 1.807) is 18.2 Å². The number of fused-ring (bicyclic) bond motifs is 2. The summed E-state index contributed by atoms with van der Waals surface area (Å²) in [5.41, 5.74) is 5.57. The first-order valence-corrected chi connectivity index (χ1v) is 6.69. The molecule has 3 rings (SSSR count). The number of amides is 1. The van der Waals surface area contributed by atoms with Crippen LogP contribution in [-0.4, -0.2) is 17.5 Å². The minimum atomic E-state index is -0.816. The highest BCUT2D eigenvalue weighted by molar-refractivity contribution is 6.45.